The normalized spacial score (nSPS) is 14.2. The zero-order chi connectivity index (χ0) is 11.9. The first-order valence-corrected chi connectivity index (χ1v) is 6.65. The molecule has 1 aromatic rings. The van der Waals surface area contributed by atoms with Gasteiger partial charge in [-0.15, -0.1) is 17.0 Å². The van der Waals surface area contributed by atoms with Gasteiger partial charge in [-0.3, -0.25) is 0 Å². The van der Waals surface area contributed by atoms with E-state index >= 15 is 0 Å². The summed E-state index contributed by atoms with van der Waals surface area (Å²) >= 11 is 1.60. The largest absolute Gasteiger partial charge is 0.494 e. The van der Waals surface area contributed by atoms with Crippen molar-refractivity contribution in [1.29, 1.82) is 0 Å². The van der Waals surface area contributed by atoms with Crippen LogP contribution in [-0.2, 0) is 0 Å². The first-order valence-electron chi connectivity index (χ1n) is 5.66. The molecule has 0 amide bonds. The fourth-order valence-corrected chi connectivity index (χ4v) is 2.22. The lowest BCUT2D eigenvalue weighted by Gasteiger charge is -2.10. The van der Waals surface area contributed by atoms with Gasteiger partial charge in [0, 0.05) is 12.0 Å². The van der Waals surface area contributed by atoms with E-state index in [0.717, 1.165) is 31.0 Å². The van der Waals surface area contributed by atoms with Crippen molar-refractivity contribution in [1.82, 2.24) is 0 Å². The van der Waals surface area contributed by atoms with E-state index in [1.54, 1.807) is 11.8 Å². The van der Waals surface area contributed by atoms with E-state index in [4.69, 9.17) is 10.5 Å². The Morgan fingerprint density at radius 2 is 2.06 bits per heavy atom. The summed E-state index contributed by atoms with van der Waals surface area (Å²) in [4.78, 5) is 4.10. The number of nitrogens with zero attached hydrogens (tertiary/aromatic N) is 1. The van der Waals surface area contributed by atoms with E-state index in [1.165, 1.54) is 5.57 Å². The molecule has 0 unspecified atom stereocenters. The summed E-state index contributed by atoms with van der Waals surface area (Å²) in [7, 11) is 0. The third-order valence-electron chi connectivity index (χ3n) is 2.43. The maximum absolute atomic E-state index is 5.62. The number of amidine groups is 1. The molecule has 3 nitrogen and oxygen atoms in total. The molecule has 1 heterocycles. The van der Waals surface area contributed by atoms with Gasteiger partial charge < -0.3 is 10.5 Å². The predicted octanol–water partition coefficient (Wildman–Crippen LogP) is 3.37. The van der Waals surface area contributed by atoms with E-state index in [-0.39, 0.29) is 17.0 Å². The second-order valence-electron chi connectivity index (χ2n) is 3.81. The average molecular weight is 329 g/mol. The van der Waals surface area contributed by atoms with E-state index in [9.17, 15) is 0 Å². The molecule has 0 atom stereocenters. The van der Waals surface area contributed by atoms with Gasteiger partial charge in [0.2, 0.25) is 0 Å². The minimum atomic E-state index is 0. The molecule has 0 spiro atoms. The number of benzene rings is 1. The summed E-state index contributed by atoms with van der Waals surface area (Å²) in [6.07, 6.45) is 3.92. The van der Waals surface area contributed by atoms with Crippen LogP contribution in [0.2, 0.25) is 0 Å². The van der Waals surface area contributed by atoms with Crippen LogP contribution in [-0.4, -0.2) is 17.5 Å². The van der Waals surface area contributed by atoms with E-state index in [0.29, 0.717) is 5.17 Å². The molecule has 1 aromatic carbocycles. The van der Waals surface area contributed by atoms with Crippen molar-refractivity contribution in [2.45, 2.75) is 12.8 Å². The third-order valence-corrected chi connectivity index (χ3v) is 3.35. The predicted molar refractivity (Wildman–Crippen MR) is 83.7 cm³/mol. The lowest BCUT2D eigenvalue weighted by atomic mass is 10.2. The molecule has 2 N–H and O–H groups in total. The highest BCUT2D eigenvalue weighted by molar-refractivity contribution is 8.93. The molecule has 1 aliphatic heterocycles. The molecule has 98 valence electrons. The molecule has 0 saturated heterocycles. The smallest absolute Gasteiger partial charge is 0.158 e. The molecular formula is C13H17BrN2OS. The number of ether oxygens (including phenoxy) is 1. The first kappa shape index (κ1) is 15.1. The van der Waals surface area contributed by atoms with Gasteiger partial charge in [-0.1, -0.05) is 30.0 Å². The van der Waals surface area contributed by atoms with Crippen molar-refractivity contribution in [2.75, 3.05) is 12.4 Å². The van der Waals surface area contributed by atoms with Crippen LogP contribution in [0.25, 0.3) is 0 Å². The molecule has 0 fully saturated rings. The van der Waals surface area contributed by atoms with Crippen molar-refractivity contribution in [3.05, 3.63) is 42.1 Å². The topological polar surface area (TPSA) is 47.6 Å². The second-order valence-corrected chi connectivity index (χ2v) is 4.80. The Morgan fingerprint density at radius 3 is 2.72 bits per heavy atom. The maximum Gasteiger partial charge on any atom is 0.158 e. The van der Waals surface area contributed by atoms with Crippen LogP contribution in [0.3, 0.4) is 0 Å². The molecular weight excluding hydrogens is 312 g/mol. The SMILES string of the molecule is Br.NC1=NC=C(CCCOc2ccccc2)CS1. The van der Waals surface area contributed by atoms with Gasteiger partial charge in [0.1, 0.15) is 5.75 Å². The molecule has 0 aromatic heterocycles. The van der Waals surface area contributed by atoms with Crippen molar-refractivity contribution < 1.29 is 4.74 Å². The Balaban J connectivity index is 0.00000162. The number of hydrogen-bond donors (Lipinski definition) is 1. The van der Waals surface area contributed by atoms with Crippen LogP contribution in [0.15, 0.2) is 47.1 Å². The van der Waals surface area contributed by atoms with Crippen LogP contribution in [0.5, 0.6) is 5.75 Å². The Kier molecular flexibility index (Phi) is 6.90. The minimum Gasteiger partial charge on any atom is -0.494 e. The molecule has 0 aliphatic carbocycles. The fraction of sp³-hybridized carbons (Fsp3) is 0.308. The van der Waals surface area contributed by atoms with Crippen LogP contribution in [0.1, 0.15) is 12.8 Å². The zero-order valence-electron chi connectivity index (χ0n) is 10.0. The number of hydrogen-bond acceptors (Lipinski definition) is 4. The third kappa shape index (κ3) is 5.14. The average Bonchev–Trinajstić information content (AvgIpc) is 2.38. The van der Waals surface area contributed by atoms with E-state index < -0.39 is 0 Å². The molecule has 0 bridgehead atoms. The molecule has 0 radical (unpaired) electrons. The Hall–Kier alpha value is -0.940. The first-order chi connectivity index (χ1) is 8.34. The maximum atomic E-state index is 5.62. The summed E-state index contributed by atoms with van der Waals surface area (Å²) in [5, 5.41) is 0.661. The van der Waals surface area contributed by atoms with Gasteiger partial charge in [-0.25, -0.2) is 4.99 Å². The molecule has 5 heteroatoms. The van der Waals surface area contributed by atoms with Gasteiger partial charge in [0.15, 0.2) is 5.17 Å². The quantitative estimate of drug-likeness (QED) is 0.843. The van der Waals surface area contributed by atoms with Crippen LogP contribution in [0, 0.1) is 0 Å². The number of rotatable bonds is 5. The monoisotopic (exact) mass is 328 g/mol. The molecule has 2 rings (SSSR count). The summed E-state index contributed by atoms with van der Waals surface area (Å²) in [5.41, 5.74) is 6.91. The van der Waals surface area contributed by atoms with Crippen LogP contribution in [0.4, 0.5) is 0 Å². The van der Waals surface area contributed by atoms with Gasteiger partial charge >= 0.3 is 0 Å². The number of thioether (sulfide) groups is 1. The van der Waals surface area contributed by atoms with Gasteiger partial charge in [0.25, 0.3) is 0 Å². The summed E-state index contributed by atoms with van der Waals surface area (Å²) in [5.74, 6) is 1.89. The van der Waals surface area contributed by atoms with Gasteiger partial charge in [0.05, 0.1) is 6.61 Å². The number of halogens is 1. The number of aliphatic imine (C=N–C) groups is 1. The lowest BCUT2D eigenvalue weighted by molar-refractivity contribution is 0.311. The Labute approximate surface area is 122 Å². The lowest BCUT2D eigenvalue weighted by Crippen LogP contribution is -2.11. The van der Waals surface area contributed by atoms with Crippen molar-refractivity contribution >= 4 is 33.9 Å². The zero-order valence-corrected chi connectivity index (χ0v) is 12.6. The fourth-order valence-electron chi connectivity index (χ4n) is 1.54. The van der Waals surface area contributed by atoms with Gasteiger partial charge in [-0.2, -0.15) is 0 Å². The molecule has 18 heavy (non-hydrogen) atoms. The second kappa shape index (κ2) is 8.21. The van der Waals surface area contributed by atoms with Crippen molar-refractivity contribution in [3.63, 3.8) is 0 Å². The number of para-hydroxylation sites is 1. The highest BCUT2D eigenvalue weighted by atomic mass is 79.9. The summed E-state index contributed by atoms with van der Waals surface area (Å²) < 4.78 is 5.62. The summed E-state index contributed by atoms with van der Waals surface area (Å²) in [6, 6.07) is 9.89. The highest BCUT2D eigenvalue weighted by Gasteiger charge is 2.05. The standard InChI is InChI=1S/C13H16N2OS.BrH/c14-13-15-9-11(10-17-13)5-4-8-16-12-6-2-1-3-7-12;/h1-3,6-7,9H,4-5,8,10H2,(H2,14,15);1H. The minimum absolute atomic E-state index is 0. The van der Waals surface area contributed by atoms with Crippen LogP contribution < -0.4 is 10.5 Å². The van der Waals surface area contributed by atoms with Crippen LogP contribution >= 0.6 is 28.7 Å². The van der Waals surface area contributed by atoms with Gasteiger partial charge in [-0.05, 0) is 30.5 Å². The highest BCUT2D eigenvalue weighted by Crippen LogP contribution is 2.18. The van der Waals surface area contributed by atoms with E-state index in [2.05, 4.69) is 4.99 Å². The molecule has 0 saturated carbocycles. The molecule has 1 aliphatic rings. The van der Waals surface area contributed by atoms with E-state index in [1.807, 2.05) is 36.5 Å². The Morgan fingerprint density at radius 1 is 1.28 bits per heavy atom. The summed E-state index contributed by atoms with van der Waals surface area (Å²) in [6.45, 7) is 0.741. The van der Waals surface area contributed by atoms with Crippen molar-refractivity contribution in [3.8, 4) is 5.75 Å². The number of nitrogens with two attached hydrogens (primary N) is 1. The Bertz CT molecular complexity index is 420. The van der Waals surface area contributed by atoms with Crippen molar-refractivity contribution in [2.24, 2.45) is 10.7 Å².